The molecule has 3 nitrogen and oxygen atoms in total. The van der Waals surface area contributed by atoms with Crippen LogP contribution in [0.15, 0.2) is 0 Å². The summed E-state index contributed by atoms with van der Waals surface area (Å²) in [6.45, 7) is 8.90. The highest BCUT2D eigenvalue weighted by Crippen LogP contribution is 2.28. The van der Waals surface area contributed by atoms with E-state index < -0.39 is 0 Å². The molecular weight excluding hydrogens is 254 g/mol. The quantitative estimate of drug-likeness (QED) is 0.808. The van der Waals surface area contributed by atoms with Gasteiger partial charge in [-0.25, -0.2) is 4.98 Å². The first-order valence-electron chi connectivity index (χ1n) is 7.79. The van der Waals surface area contributed by atoms with Gasteiger partial charge in [-0.1, -0.05) is 26.7 Å². The molecule has 0 amide bonds. The number of nitrogens with zero attached hydrogens (tertiary/aromatic N) is 2. The number of nitrogens with one attached hydrogen (secondary N) is 1. The van der Waals surface area contributed by atoms with Gasteiger partial charge < -0.3 is 10.2 Å². The Morgan fingerprint density at radius 2 is 1.89 bits per heavy atom. The summed E-state index contributed by atoms with van der Waals surface area (Å²) in [5, 5.41) is 4.76. The van der Waals surface area contributed by atoms with Gasteiger partial charge in [-0.3, -0.25) is 0 Å². The lowest BCUT2D eigenvalue weighted by Crippen LogP contribution is -2.23. The minimum Gasteiger partial charge on any atom is -0.348 e. The zero-order valence-electron chi connectivity index (χ0n) is 12.4. The van der Waals surface area contributed by atoms with Crippen molar-refractivity contribution in [1.82, 2.24) is 10.3 Å². The summed E-state index contributed by atoms with van der Waals surface area (Å²) in [5.41, 5.74) is 1.30. The Hall–Kier alpha value is -0.610. The molecule has 0 saturated carbocycles. The standard InChI is InChI=1S/C15H27N3S/c1-3-9-16-12-14-13(4-2)17-15(19-14)18-10-7-5-6-8-11-18/h16H,3-12H2,1-2H3. The SMILES string of the molecule is CCCNCc1sc(N2CCCCCC2)nc1CC. The molecule has 0 atom stereocenters. The Morgan fingerprint density at radius 1 is 1.16 bits per heavy atom. The first-order valence-corrected chi connectivity index (χ1v) is 8.61. The molecule has 1 saturated heterocycles. The molecule has 0 aliphatic carbocycles. The van der Waals surface area contributed by atoms with Gasteiger partial charge in [-0.15, -0.1) is 11.3 Å². The largest absolute Gasteiger partial charge is 0.348 e. The third-order valence-corrected chi connectivity index (χ3v) is 4.85. The van der Waals surface area contributed by atoms with E-state index in [0.29, 0.717) is 0 Å². The average Bonchev–Trinajstić information content (AvgIpc) is 2.65. The van der Waals surface area contributed by atoms with Crippen LogP contribution in [0.4, 0.5) is 5.13 Å². The highest BCUT2D eigenvalue weighted by molar-refractivity contribution is 7.15. The third kappa shape index (κ3) is 4.18. The number of aromatic nitrogens is 1. The Labute approximate surface area is 121 Å². The number of hydrogen-bond donors (Lipinski definition) is 1. The predicted octanol–water partition coefficient (Wildman–Crippen LogP) is 3.59. The van der Waals surface area contributed by atoms with Crippen LogP contribution in [0, 0.1) is 0 Å². The number of rotatable bonds is 6. The lowest BCUT2D eigenvalue weighted by Gasteiger charge is -2.18. The zero-order chi connectivity index (χ0) is 13.5. The zero-order valence-corrected chi connectivity index (χ0v) is 13.2. The van der Waals surface area contributed by atoms with E-state index in [9.17, 15) is 0 Å². The second-order valence-electron chi connectivity index (χ2n) is 5.30. The molecule has 2 rings (SSSR count). The van der Waals surface area contributed by atoms with E-state index in [1.54, 1.807) is 0 Å². The van der Waals surface area contributed by atoms with Crippen LogP contribution in [0.5, 0.6) is 0 Å². The van der Waals surface area contributed by atoms with Gasteiger partial charge in [-0.05, 0) is 32.2 Å². The van der Waals surface area contributed by atoms with Crippen molar-refractivity contribution >= 4 is 16.5 Å². The minimum atomic E-state index is 0.989. The molecule has 4 heteroatoms. The van der Waals surface area contributed by atoms with Gasteiger partial charge in [0.2, 0.25) is 0 Å². The number of hydrogen-bond acceptors (Lipinski definition) is 4. The normalized spacial score (nSPS) is 16.6. The Balaban J connectivity index is 2.03. The van der Waals surface area contributed by atoms with Gasteiger partial charge >= 0.3 is 0 Å². The maximum absolute atomic E-state index is 4.88. The van der Waals surface area contributed by atoms with Crippen molar-refractivity contribution in [2.45, 2.75) is 58.9 Å². The summed E-state index contributed by atoms with van der Waals surface area (Å²) in [5.74, 6) is 0. The molecule has 1 aliphatic heterocycles. The summed E-state index contributed by atoms with van der Waals surface area (Å²) in [4.78, 5) is 8.82. The van der Waals surface area contributed by atoms with Crippen molar-refractivity contribution in [1.29, 1.82) is 0 Å². The van der Waals surface area contributed by atoms with E-state index in [2.05, 4.69) is 24.1 Å². The van der Waals surface area contributed by atoms with Crippen LogP contribution in [0.25, 0.3) is 0 Å². The highest BCUT2D eigenvalue weighted by atomic mass is 32.1. The lowest BCUT2D eigenvalue weighted by atomic mass is 10.2. The monoisotopic (exact) mass is 281 g/mol. The molecule has 108 valence electrons. The van der Waals surface area contributed by atoms with Crippen molar-refractivity contribution in [3.63, 3.8) is 0 Å². The summed E-state index contributed by atoms with van der Waals surface area (Å²) in [6.07, 6.45) is 7.66. The topological polar surface area (TPSA) is 28.2 Å². The minimum absolute atomic E-state index is 0.989. The molecular formula is C15H27N3S. The molecule has 0 unspecified atom stereocenters. The Kier molecular flexibility index (Phi) is 6.11. The third-order valence-electron chi connectivity index (χ3n) is 3.69. The van der Waals surface area contributed by atoms with E-state index in [0.717, 1.165) is 19.5 Å². The van der Waals surface area contributed by atoms with Crippen LogP contribution in [-0.2, 0) is 13.0 Å². The first kappa shape index (κ1) is 14.8. The molecule has 1 aliphatic rings. The van der Waals surface area contributed by atoms with Crippen molar-refractivity contribution in [2.75, 3.05) is 24.5 Å². The maximum Gasteiger partial charge on any atom is 0.185 e. The van der Waals surface area contributed by atoms with E-state index in [4.69, 9.17) is 4.98 Å². The fourth-order valence-corrected chi connectivity index (χ4v) is 3.73. The van der Waals surface area contributed by atoms with E-state index in [1.165, 1.54) is 60.9 Å². The molecule has 0 radical (unpaired) electrons. The fraction of sp³-hybridized carbons (Fsp3) is 0.800. The summed E-state index contributed by atoms with van der Waals surface area (Å²) in [7, 11) is 0. The molecule has 1 aromatic rings. The molecule has 0 bridgehead atoms. The van der Waals surface area contributed by atoms with Crippen molar-refractivity contribution in [3.8, 4) is 0 Å². The van der Waals surface area contributed by atoms with Gasteiger partial charge in [0.05, 0.1) is 5.69 Å². The second-order valence-corrected chi connectivity index (χ2v) is 6.36. The van der Waals surface area contributed by atoms with Crippen molar-refractivity contribution < 1.29 is 0 Å². The van der Waals surface area contributed by atoms with Gasteiger partial charge in [0, 0.05) is 24.5 Å². The predicted molar refractivity (Wildman–Crippen MR) is 84.2 cm³/mol. The Morgan fingerprint density at radius 3 is 2.53 bits per heavy atom. The molecule has 1 fully saturated rings. The van der Waals surface area contributed by atoms with E-state index >= 15 is 0 Å². The van der Waals surface area contributed by atoms with Crippen LogP contribution in [0.1, 0.15) is 56.5 Å². The van der Waals surface area contributed by atoms with Gasteiger partial charge in [-0.2, -0.15) is 0 Å². The molecule has 2 heterocycles. The van der Waals surface area contributed by atoms with Crippen molar-refractivity contribution in [2.24, 2.45) is 0 Å². The van der Waals surface area contributed by atoms with E-state index in [1.807, 2.05) is 11.3 Å². The summed E-state index contributed by atoms with van der Waals surface area (Å²) < 4.78 is 0. The van der Waals surface area contributed by atoms with Gasteiger partial charge in [0.1, 0.15) is 0 Å². The summed E-state index contributed by atoms with van der Waals surface area (Å²) in [6, 6.07) is 0. The number of thiazole rings is 1. The Bertz CT molecular complexity index is 367. The van der Waals surface area contributed by atoms with E-state index in [-0.39, 0.29) is 0 Å². The highest BCUT2D eigenvalue weighted by Gasteiger charge is 2.16. The number of anilines is 1. The molecule has 1 aromatic heterocycles. The molecule has 19 heavy (non-hydrogen) atoms. The number of aryl methyl sites for hydroxylation is 1. The molecule has 0 spiro atoms. The van der Waals surface area contributed by atoms with Crippen LogP contribution in [-0.4, -0.2) is 24.6 Å². The van der Waals surface area contributed by atoms with Crippen LogP contribution in [0.2, 0.25) is 0 Å². The maximum atomic E-state index is 4.88. The molecule has 1 N–H and O–H groups in total. The van der Waals surface area contributed by atoms with Crippen LogP contribution in [0.3, 0.4) is 0 Å². The first-order chi connectivity index (χ1) is 9.35. The van der Waals surface area contributed by atoms with Gasteiger partial charge in [0.25, 0.3) is 0 Å². The van der Waals surface area contributed by atoms with Crippen molar-refractivity contribution in [3.05, 3.63) is 10.6 Å². The van der Waals surface area contributed by atoms with Gasteiger partial charge in [0.15, 0.2) is 5.13 Å². The average molecular weight is 281 g/mol. The fourth-order valence-electron chi connectivity index (χ4n) is 2.56. The summed E-state index contributed by atoms with van der Waals surface area (Å²) >= 11 is 1.90. The lowest BCUT2D eigenvalue weighted by molar-refractivity contribution is 0.676. The van der Waals surface area contributed by atoms with Crippen LogP contribution < -0.4 is 10.2 Å². The smallest absolute Gasteiger partial charge is 0.185 e. The molecule has 0 aromatic carbocycles. The van der Waals surface area contributed by atoms with Crippen LogP contribution >= 0.6 is 11.3 Å². The second kappa shape index (κ2) is 7.85.